The molecule has 0 aliphatic heterocycles. The quantitative estimate of drug-likeness (QED) is 0.761. The second kappa shape index (κ2) is 5.68. The van der Waals surface area contributed by atoms with E-state index in [2.05, 4.69) is 6.58 Å². The molecule has 0 saturated carbocycles. The summed E-state index contributed by atoms with van der Waals surface area (Å²) in [6.45, 7) is 3.81. The summed E-state index contributed by atoms with van der Waals surface area (Å²) >= 11 is 5.71. The normalized spacial score (nSPS) is 12.1. The SMILES string of the molecule is C=CCC(O)COc1ccc(Cl)cc1. The van der Waals surface area contributed by atoms with Gasteiger partial charge in [-0.3, -0.25) is 0 Å². The lowest BCUT2D eigenvalue weighted by atomic mass is 10.3. The van der Waals surface area contributed by atoms with Crippen LogP contribution in [0, 0.1) is 0 Å². The first-order valence-electron chi connectivity index (χ1n) is 4.39. The molecule has 1 unspecified atom stereocenters. The fraction of sp³-hybridized carbons (Fsp3) is 0.273. The van der Waals surface area contributed by atoms with Gasteiger partial charge in [-0.1, -0.05) is 17.7 Å². The van der Waals surface area contributed by atoms with E-state index in [0.29, 0.717) is 17.2 Å². The summed E-state index contributed by atoms with van der Waals surface area (Å²) in [6, 6.07) is 7.03. The van der Waals surface area contributed by atoms with Crippen molar-refractivity contribution in [1.29, 1.82) is 0 Å². The van der Waals surface area contributed by atoms with Crippen molar-refractivity contribution >= 4 is 11.6 Å². The van der Waals surface area contributed by atoms with Crippen LogP contribution in [0.15, 0.2) is 36.9 Å². The summed E-state index contributed by atoms with van der Waals surface area (Å²) in [5, 5.41) is 10.0. The molecule has 1 rings (SSSR count). The molecule has 1 aromatic carbocycles. The van der Waals surface area contributed by atoms with Crippen molar-refractivity contribution in [2.45, 2.75) is 12.5 Å². The molecule has 0 heterocycles. The van der Waals surface area contributed by atoms with Crippen LogP contribution < -0.4 is 4.74 Å². The molecule has 1 atom stereocenters. The van der Waals surface area contributed by atoms with Crippen LogP contribution in [0.4, 0.5) is 0 Å². The van der Waals surface area contributed by atoms with Gasteiger partial charge in [-0.25, -0.2) is 0 Å². The maximum Gasteiger partial charge on any atom is 0.119 e. The van der Waals surface area contributed by atoms with E-state index in [1.807, 2.05) is 0 Å². The zero-order valence-electron chi connectivity index (χ0n) is 7.82. The highest BCUT2D eigenvalue weighted by atomic mass is 35.5. The predicted molar refractivity (Wildman–Crippen MR) is 57.8 cm³/mol. The third-order valence-electron chi connectivity index (χ3n) is 1.69. The molecule has 0 spiro atoms. The molecule has 2 nitrogen and oxygen atoms in total. The third-order valence-corrected chi connectivity index (χ3v) is 1.95. The lowest BCUT2D eigenvalue weighted by Gasteiger charge is -2.10. The minimum absolute atomic E-state index is 0.271. The molecule has 1 N–H and O–H groups in total. The van der Waals surface area contributed by atoms with Gasteiger partial charge >= 0.3 is 0 Å². The Morgan fingerprint density at radius 3 is 2.64 bits per heavy atom. The van der Waals surface area contributed by atoms with Crippen molar-refractivity contribution in [3.8, 4) is 5.75 Å². The lowest BCUT2D eigenvalue weighted by Crippen LogP contribution is -2.16. The minimum atomic E-state index is -0.497. The van der Waals surface area contributed by atoms with E-state index in [1.165, 1.54) is 0 Å². The van der Waals surface area contributed by atoms with Crippen LogP contribution in [0.5, 0.6) is 5.75 Å². The largest absolute Gasteiger partial charge is 0.491 e. The van der Waals surface area contributed by atoms with Crippen LogP contribution in [0.1, 0.15) is 6.42 Å². The van der Waals surface area contributed by atoms with Crippen molar-refractivity contribution < 1.29 is 9.84 Å². The molecule has 0 aromatic heterocycles. The van der Waals surface area contributed by atoms with Gasteiger partial charge in [0, 0.05) is 5.02 Å². The Balaban J connectivity index is 2.37. The number of rotatable bonds is 5. The van der Waals surface area contributed by atoms with E-state index in [4.69, 9.17) is 16.3 Å². The molecule has 0 bridgehead atoms. The molecule has 1 aromatic rings. The Bertz CT molecular complexity index is 282. The van der Waals surface area contributed by atoms with Gasteiger partial charge in [0.05, 0.1) is 6.10 Å². The fourth-order valence-corrected chi connectivity index (χ4v) is 1.11. The summed E-state index contributed by atoms with van der Waals surface area (Å²) in [7, 11) is 0. The van der Waals surface area contributed by atoms with Crippen LogP contribution in [0.2, 0.25) is 5.02 Å². The van der Waals surface area contributed by atoms with Crippen LogP contribution >= 0.6 is 11.6 Å². The third kappa shape index (κ3) is 3.81. The summed E-state index contributed by atoms with van der Waals surface area (Å²) in [4.78, 5) is 0. The van der Waals surface area contributed by atoms with E-state index >= 15 is 0 Å². The molecular weight excluding hydrogens is 200 g/mol. The second-order valence-corrected chi connectivity index (χ2v) is 3.38. The van der Waals surface area contributed by atoms with Crippen LogP contribution in [0.3, 0.4) is 0 Å². The highest BCUT2D eigenvalue weighted by Crippen LogP contribution is 2.15. The Hall–Kier alpha value is -0.990. The van der Waals surface area contributed by atoms with Gasteiger partial charge < -0.3 is 9.84 Å². The zero-order chi connectivity index (χ0) is 10.4. The van der Waals surface area contributed by atoms with Crippen LogP contribution in [-0.2, 0) is 0 Å². The van der Waals surface area contributed by atoms with Gasteiger partial charge in [0.2, 0.25) is 0 Å². The molecule has 0 radical (unpaired) electrons. The fourth-order valence-electron chi connectivity index (χ4n) is 0.984. The van der Waals surface area contributed by atoms with E-state index in [0.717, 1.165) is 0 Å². The Morgan fingerprint density at radius 1 is 1.43 bits per heavy atom. The van der Waals surface area contributed by atoms with Gasteiger partial charge in [0.15, 0.2) is 0 Å². The number of hydrogen-bond acceptors (Lipinski definition) is 2. The maximum absolute atomic E-state index is 9.34. The summed E-state index contributed by atoms with van der Waals surface area (Å²) in [5.74, 6) is 0.706. The van der Waals surface area contributed by atoms with Gasteiger partial charge in [-0.05, 0) is 30.7 Å². The summed E-state index contributed by atoms with van der Waals surface area (Å²) in [6.07, 6.45) is 1.70. The van der Waals surface area contributed by atoms with Crippen molar-refractivity contribution in [2.24, 2.45) is 0 Å². The number of aliphatic hydroxyl groups excluding tert-OH is 1. The highest BCUT2D eigenvalue weighted by Gasteiger charge is 2.02. The minimum Gasteiger partial charge on any atom is -0.491 e. The van der Waals surface area contributed by atoms with Crippen molar-refractivity contribution in [3.63, 3.8) is 0 Å². The number of aliphatic hydroxyl groups is 1. The molecule has 0 saturated heterocycles. The molecule has 76 valence electrons. The molecule has 14 heavy (non-hydrogen) atoms. The molecule has 3 heteroatoms. The van der Waals surface area contributed by atoms with E-state index in [9.17, 15) is 5.11 Å². The van der Waals surface area contributed by atoms with Crippen LogP contribution in [0.25, 0.3) is 0 Å². The van der Waals surface area contributed by atoms with Crippen molar-refractivity contribution in [2.75, 3.05) is 6.61 Å². The summed E-state index contributed by atoms with van der Waals surface area (Å²) < 4.78 is 5.32. The highest BCUT2D eigenvalue weighted by molar-refractivity contribution is 6.30. The first-order valence-corrected chi connectivity index (χ1v) is 4.77. The number of halogens is 1. The maximum atomic E-state index is 9.34. The van der Waals surface area contributed by atoms with Crippen molar-refractivity contribution in [1.82, 2.24) is 0 Å². The van der Waals surface area contributed by atoms with Gasteiger partial charge in [0.25, 0.3) is 0 Å². The Kier molecular flexibility index (Phi) is 4.50. The topological polar surface area (TPSA) is 29.5 Å². The van der Waals surface area contributed by atoms with Gasteiger partial charge in [0.1, 0.15) is 12.4 Å². The van der Waals surface area contributed by atoms with Gasteiger partial charge in [-0.2, -0.15) is 0 Å². The monoisotopic (exact) mass is 212 g/mol. The molecule has 0 aliphatic carbocycles. The lowest BCUT2D eigenvalue weighted by molar-refractivity contribution is 0.110. The first-order chi connectivity index (χ1) is 6.72. The molecule has 0 fully saturated rings. The van der Waals surface area contributed by atoms with Gasteiger partial charge in [-0.15, -0.1) is 6.58 Å². The zero-order valence-corrected chi connectivity index (χ0v) is 8.57. The van der Waals surface area contributed by atoms with E-state index in [1.54, 1.807) is 30.3 Å². The molecule has 0 amide bonds. The average Bonchev–Trinajstić information content (AvgIpc) is 2.17. The second-order valence-electron chi connectivity index (χ2n) is 2.94. The first kappa shape index (κ1) is 11.1. The average molecular weight is 213 g/mol. The summed E-state index contributed by atoms with van der Waals surface area (Å²) in [5.41, 5.74) is 0. The predicted octanol–water partition coefficient (Wildman–Crippen LogP) is 2.66. The molecular formula is C11H13ClO2. The molecule has 0 aliphatic rings. The Morgan fingerprint density at radius 2 is 2.07 bits per heavy atom. The standard InChI is InChI=1S/C11H13ClO2/c1-2-3-10(13)8-14-11-6-4-9(12)5-7-11/h2,4-7,10,13H,1,3,8H2. The van der Waals surface area contributed by atoms with E-state index in [-0.39, 0.29) is 6.61 Å². The van der Waals surface area contributed by atoms with E-state index < -0.39 is 6.10 Å². The smallest absolute Gasteiger partial charge is 0.119 e. The Labute approximate surface area is 88.8 Å². The van der Waals surface area contributed by atoms with Crippen molar-refractivity contribution in [3.05, 3.63) is 41.9 Å². The number of benzene rings is 1. The number of ether oxygens (including phenoxy) is 1. The van der Waals surface area contributed by atoms with Crippen LogP contribution in [-0.4, -0.2) is 17.8 Å². The number of hydrogen-bond donors (Lipinski definition) is 1.